The van der Waals surface area contributed by atoms with Gasteiger partial charge in [0.2, 0.25) is 5.13 Å². The highest BCUT2D eigenvalue weighted by Gasteiger charge is 2.06. The number of benzene rings is 1. The summed E-state index contributed by atoms with van der Waals surface area (Å²) in [6.45, 7) is 4.91. The highest BCUT2D eigenvalue weighted by atomic mass is 32.1. The van der Waals surface area contributed by atoms with E-state index in [-0.39, 0.29) is 0 Å². The third-order valence-corrected chi connectivity index (χ3v) is 3.60. The Morgan fingerprint density at radius 2 is 2.00 bits per heavy atom. The number of nitrogens with one attached hydrogen (secondary N) is 1. The van der Waals surface area contributed by atoms with E-state index in [1.807, 2.05) is 0 Å². The molecule has 2 aromatic rings. The number of carbonyl (C=O) groups is 1. The number of carboxylic acids is 1. The van der Waals surface area contributed by atoms with E-state index in [1.165, 1.54) is 0 Å². The van der Waals surface area contributed by atoms with E-state index < -0.39 is 5.97 Å². The van der Waals surface area contributed by atoms with Crippen LogP contribution >= 0.6 is 11.3 Å². The van der Waals surface area contributed by atoms with E-state index in [4.69, 9.17) is 5.11 Å². The minimum atomic E-state index is -0.910. The second-order valence-electron chi connectivity index (χ2n) is 4.95. The summed E-state index contributed by atoms with van der Waals surface area (Å²) >= 11 is 1.56. The molecular weight excluding hydrogens is 274 g/mol. The Bertz CT molecular complexity index is 578. The molecule has 0 unspecified atom stereocenters. The average molecular weight is 291 g/mol. The van der Waals surface area contributed by atoms with Gasteiger partial charge in [-0.3, -0.25) is 0 Å². The summed E-state index contributed by atoms with van der Waals surface area (Å²) < 4.78 is 0. The Morgan fingerprint density at radius 1 is 1.30 bits per heavy atom. The van der Waals surface area contributed by atoms with Crippen molar-refractivity contribution in [2.24, 2.45) is 5.92 Å². The Hall–Kier alpha value is -1.95. The molecule has 0 bridgehead atoms. The zero-order chi connectivity index (χ0) is 14.5. The number of hydrogen-bond donors (Lipinski definition) is 2. The summed E-state index contributed by atoms with van der Waals surface area (Å²) in [4.78, 5) is 10.8. The first-order chi connectivity index (χ1) is 9.54. The fourth-order valence-electron chi connectivity index (χ4n) is 1.70. The van der Waals surface area contributed by atoms with Crippen molar-refractivity contribution < 1.29 is 9.90 Å². The van der Waals surface area contributed by atoms with Crippen molar-refractivity contribution >= 4 is 22.4 Å². The maximum absolute atomic E-state index is 10.8. The standard InChI is InChI=1S/C14H17N3O2S/c1-9(2)7-12-16-17-14(20-12)15-8-10-3-5-11(6-4-10)13(18)19/h3-6,9H,7-8H2,1-2H3,(H,15,17)(H,18,19). The van der Waals surface area contributed by atoms with Crippen LogP contribution in [0.5, 0.6) is 0 Å². The average Bonchev–Trinajstić information content (AvgIpc) is 2.83. The van der Waals surface area contributed by atoms with E-state index in [1.54, 1.807) is 35.6 Å². The van der Waals surface area contributed by atoms with Gasteiger partial charge in [0.15, 0.2) is 0 Å². The molecule has 6 heteroatoms. The topological polar surface area (TPSA) is 75.1 Å². The van der Waals surface area contributed by atoms with E-state index in [0.717, 1.165) is 22.1 Å². The highest BCUT2D eigenvalue weighted by Crippen LogP contribution is 2.19. The van der Waals surface area contributed by atoms with Crippen LogP contribution in [0.4, 0.5) is 5.13 Å². The van der Waals surface area contributed by atoms with Gasteiger partial charge in [-0.1, -0.05) is 37.3 Å². The Kier molecular flexibility index (Phi) is 4.68. The molecule has 106 valence electrons. The third-order valence-electron chi connectivity index (χ3n) is 2.69. The van der Waals surface area contributed by atoms with Gasteiger partial charge in [-0.25, -0.2) is 4.79 Å². The van der Waals surface area contributed by atoms with Crippen LogP contribution in [0.15, 0.2) is 24.3 Å². The number of hydrogen-bond acceptors (Lipinski definition) is 5. The number of carboxylic acid groups (broad SMARTS) is 1. The fraction of sp³-hybridized carbons (Fsp3) is 0.357. The van der Waals surface area contributed by atoms with Crippen LogP contribution in [0.1, 0.15) is 34.8 Å². The van der Waals surface area contributed by atoms with Crippen molar-refractivity contribution in [3.8, 4) is 0 Å². The summed E-state index contributed by atoms with van der Waals surface area (Å²) in [7, 11) is 0. The Morgan fingerprint density at radius 3 is 2.60 bits per heavy atom. The minimum Gasteiger partial charge on any atom is -0.478 e. The SMILES string of the molecule is CC(C)Cc1nnc(NCc2ccc(C(=O)O)cc2)s1. The lowest BCUT2D eigenvalue weighted by molar-refractivity contribution is 0.0697. The molecule has 0 atom stereocenters. The van der Waals surface area contributed by atoms with E-state index >= 15 is 0 Å². The van der Waals surface area contributed by atoms with Gasteiger partial charge in [-0.15, -0.1) is 10.2 Å². The van der Waals surface area contributed by atoms with Gasteiger partial charge in [-0.05, 0) is 23.6 Å². The molecule has 0 saturated carbocycles. The minimum absolute atomic E-state index is 0.295. The molecule has 20 heavy (non-hydrogen) atoms. The largest absolute Gasteiger partial charge is 0.478 e. The van der Waals surface area contributed by atoms with Gasteiger partial charge in [0, 0.05) is 13.0 Å². The highest BCUT2D eigenvalue weighted by molar-refractivity contribution is 7.15. The van der Waals surface area contributed by atoms with E-state index in [2.05, 4.69) is 29.4 Å². The van der Waals surface area contributed by atoms with Gasteiger partial charge in [0.1, 0.15) is 5.01 Å². The first-order valence-corrected chi connectivity index (χ1v) is 7.24. The lowest BCUT2D eigenvalue weighted by atomic mass is 10.1. The fourth-order valence-corrected chi connectivity index (χ4v) is 2.65. The first-order valence-electron chi connectivity index (χ1n) is 6.43. The summed E-state index contributed by atoms with van der Waals surface area (Å²) in [5.74, 6) is -0.341. The summed E-state index contributed by atoms with van der Waals surface area (Å²) in [6, 6.07) is 6.80. The predicted octanol–water partition coefficient (Wildman–Crippen LogP) is 3.05. The van der Waals surface area contributed by atoms with Crippen molar-refractivity contribution in [3.05, 3.63) is 40.4 Å². The van der Waals surface area contributed by atoms with Crippen molar-refractivity contribution in [2.45, 2.75) is 26.8 Å². The van der Waals surface area contributed by atoms with Crippen molar-refractivity contribution in [1.29, 1.82) is 0 Å². The number of nitrogens with zero attached hydrogens (tertiary/aromatic N) is 2. The van der Waals surface area contributed by atoms with Gasteiger partial charge < -0.3 is 10.4 Å². The molecule has 0 spiro atoms. The molecule has 0 amide bonds. The zero-order valence-corrected chi connectivity index (χ0v) is 12.3. The van der Waals surface area contributed by atoms with Gasteiger partial charge in [0.05, 0.1) is 5.56 Å². The molecule has 1 aromatic carbocycles. The molecule has 0 fully saturated rings. The quantitative estimate of drug-likeness (QED) is 0.855. The van der Waals surface area contributed by atoms with Gasteiger partial charge in [-0.2, -0.15) is 0 Å². The molecule has 5 nitrogen and oxygen atoms in total. The van der Waals surface area contributed by atoms with Crippen LogP contribution in [0.3, 0.4) is 0 Å². The second kappa shape index (κ2) is 6.47. The van der Waals surface area contributed by atoms with E-state index in [0.29, 0.717) is 18.0 Å². The maximum atomic E-state index is 10.8. The van der Waals surface area contributed by atoms with Crippen molar-refractivity contribution in [2.75, 3.05) is 5.32 Å². The Labute approximate surface area is 121 Å². The van der Waals surface area contributed by atoms with Crippen LogP contribution < -0.4 is 5.32 Å². The van der Waals surface area contributed by atoms with Crippen molar-refractivity contribution in [1.82, 2.24) is 10.2 Å². The number of rotatable bonds is 6. The summed E-state index contributed by atoms with van der Waals surface area (Å²) in [6.07, 6.45) is 0.937. The molecule has 2 rings (SSSR count). The molecule has 2 N–H and O–H groups in total. The summed E-state index contributed by atoms with van der Waals surface area (Å²) in [5, 5.41) is 22.1. The summed E-state index contributed by atoms with van der Waals surface area (Å²) in [5.41, 5.74) is 1.31. The van der Waals surface area contributed by atoms with Crippen LogP contribution in [0.2, 0.25) is 0 Å². The van der Waals surface area contributed by atoms with Crippen LogP contribution in [-0.2, 0) is 13.0 Å². The van der Waals surface area contributed by atoms with Crippen molar-refractivity contribution in [3.63, 3.8) is 0 Å². The van der Waals surface area contributed by atoms with Crippen LogP contribution in [0, 0.1) is 5.92 Å². The molecule has 1 heterocycles. The lowest BCUT2D eigenvalue weighted by Gasteiger charge is -2.02. The molecule has 1 aromatic heterocycles. The maximum Gasteiger partial charge on any atom is 0.335 e. The Balaban J connectivity index is 1.91. The molecule has 0 saturated heterocycles. The third kappa shape index (κ3) is 4.03. The predicted molar refractivity (Wildman–Crippen MR) is 79.2 cm³/mol. The lowest BCUT2D eigenvalue weighted by Crippen LogP contribution is -2.00. The molecule has 0 aliphatic rings. The molecule has 0 radical (unpaired) electrons. The second-order valence-corrected chi connectivity index (χ2v) is 6.02. The first kappa shape index (κ1) is 14.5. The molecular formula is C14H17N3O2S. The van der Waals surface area contributed by atoms with Crippen LogP contribution in [0.25, 0.3) is 0 Å². The smallest absolute Gasteiger partial charge is 0.335 e. The number of aromatic carboxylic acids is 1. The van der Waals surface area contributed by atoms with Crippen LogP contribution in [-0.4, -0.2) is 21.3 Å². The zero-order valence-electron chi connectivity index (χ0n) is 11.5. The van der Waals surface area contributed by atoms with Gasteiger partial charge >= 0.3 is 5.97 Å². The van der Waals surface area contributed by atoms with Gasteiger partial charge in [0.25, 0.3) is 0 Å². The normalized spacial score (nSPS) is 10.8. The molecule has 0 aliphatic carbocycles. The number of aromatic nitrogens is 2. The molecule has 0 aliphatic heterocycles. The number of anilines is 1. The monoisotopic (exact) mass is 291 g/mol. The van der Waals surface area contributed by atoms with E-state index in [9.17, 15) is 4.79 Å².